The number of pyridine rings is 1. The quantitative estimate of drug-likeness (QED) is 0.362. The number of piperazine rings is 1. The van der Waals surface area contributed by atoms with E-state index in [4.69, 9.17) is 5.73 Å². The summed E-state index contributed by atoms with van der Waals surface area (Å²) in [5.74, 6) is -1.01. The van der Waals surface area contributed by atoms with Gasteiger partial charge in [0.25, 0.3) is 11.8 Å². The van der Waals surface area contributed by atoms with Crippen LogP contribution in [-0.4, -0.2) is 91.9 Å². The van der Waals surface area contributed by atoms with E-state index in [2.05, 4.69) is 25.4 Å². The van der Waals surface area contributed by atoms with E-state index in [1.807, 2.05) is 18.2 Å². The molecule has 3 amide bonds. The summed E-state index contributed by atoms with van der Waals surface area (Å²) in [7, 11) is 1.79. The largest absolute Gasteiger partial charge is 0.372 e. The highest BCUT2D eigenvalue weighted by Crippen LogP contribution is 2.33. The number of primary amides is 1. The number of aromatic nitrogens is 1. The van der Waals surface area contributed by atoms with Crippen LogP contribution in [0.3, 0.4) is 0 Å². The van der Waals surface area contributed by atoms with Crippen molar-refractivity contribution in [3.8, 4) is 11.3 Å². The molecule has 5 rings (SSSR count). The average molecular weight is 570 g/mol. The number of carbonyl (C=O) groups is 3. The lowest BCUT2D eigenvalue weighted by Crippen LogP contribution is -2.46. The summed E-state index contributed by atoms with van der Waals surface area (Å²) >= 11 is 0. The summed E-state index contributed by atoms with van der Waals surface area (Å²) in [5, 5.41) is 6.35. The minimum absolute atomic E-state index is 0.126. The van der Waals surface area contributed by atoms with Crippen LogP contribution in [0.4, 0.5) is 11.4 Å². The van der Waals surface area contributed by atoms with Crippen LogP contribution in [0.25, 0.3) is 11.3 Å². The number of hydrogen-bond donors (Lipinski definition) is 3. The zero-order valence-corrected chi connectivity index (χ0v) is 24.1. The normalized spacial score (nSPS) is 15.7. The molecular formula is C32H39N7O3. The van der Waals surface area contributed by atoms with Crippen molar-refractivity contribution in [2.75, 3.05) is 69.6 Å². The Morgan fingerprint density at radius 1 is 0.929 bits per heavy atom. The van der Waals surface area contributed by atoms with Crippen LogP contribution < -0.4 is 21.3 Å². The molecule has 0 atom stereocenters. The van der Waals surface area contributed by atoms with Crippen LogP contribution in [0, 0.1) is 0 Å². The van der Waals surface area contributed by atoms with E-state index >= 15 is 0 Å². The van der Waals surface area contributed by atoms with Gasteiger partial charge in [0.2, 0.25) is 5.91 Å². The Kier molecular flexibility index (Phi) is 9.45. The number of piperidine rings is 1. The lowest BCUT2D eigenvalue weighted by Gasteiger charge is -2.29. The van der Waals surface area contributed by atoms with E-state index in [0.29, 0.717) is 40.2 Å². The van der Waals surface area contributed by atoms with Crippen molar-refractivity contribution in [3.05, 3.63) is 77.5 Å². The second kappa shape index (κ2) is 13.6. The van der Waals surface area contributed by atoms with Gasteiger partial charge in [-0.3, -0.25) is 24.3 Å². The van der Waals surface area contributed by atoms with Crippen LogP contribution in [0.1, 0.15) is 50.3 Å². The first kappa shape index (κ1) is 29.2. The first-order chi connectivity index (χ1) is 20.4. The third-order valence-electron chi connectivity index (χ3n) is 7.97. The molecule has 2 saturated heterocycles. The summed E-state index contributed by atoms with van der Waals surface area (Å²) in [6.07, 6.45) is 5.02. The highest BCUT2D eigenvalue weighted by atomic mass is 16.2. The van der Waals surface area contributed by atoms with Crippen LogP contribution in [0.5, 0.6) is 0 Å². The second-order valence-corrected chi connectivity index (χ2v) is 10.9. The molecule has 2 aliphatic rings. The van der Waals surface area contributed by atoms with Gasteiger partial charge in [0, 0.05) is 93.5 Å². The van der Waals surface area contributed by atoms with Gasteiger partial charge in [0.05, 0.1) is 11.4 Å². The van der Waals surface area contributed by atoms with Crippen molar-refractivity contribution >= 4 is 29.1 Å². The van der Waals surface area contributed by atoms with E-state index < -0.39 is 5.91 Å². The molecule has 3 aromatic rings. The van der Waals surface area contributed by atoms with Crippen molar-refractivity contribution in [1.29, 1.82) is 0 Å². The average Bonchev–Trinajstić information content (AvgIpc) is 3.04. The molecule has 10 nitrogen and oxygen atoms in total. The lowest BCUT2D eigenvalue weighted by atomic mass is 10.0. The minimum Gasteiger partial charge on any atom is -0.372 e. The SMILES string of the molecule is CN(CCN1CCNCC1)C(=O)c1cccc(C(=O)Nc2ccc(N3CCCCC3)cc2-c2cc(C(N)=O)ccn2)c1. The summed E-state index contributed by atoms with van der Waals surface area (Å²) in [4.78, 5) is 49.4. The maximum absolute atomic E-state index is 13.5. The molecule has 0 unspecified atom stereocenters. The number of carbonyl (C=O) groups excluding carboxylic acids is 3. The van der Waals surface area contributed by atoms with Gasteiger partial charge in [-0.2, -0.15) is 0 Å². The molecule has 0 aliphatic carbocycles. The molecule has 42 heavy (non-hydrogen) atoms. The highest BCUT2D eigenvalue weighted by Gasteiger charge is 2.19. The van der Waals surface area contributed by atoms with E-state index in [1.165, 1.54) is 6.42 Å². The number of likely N-dealkylation sites (N-methyl/N-ethyl adjacent to an activating group) is 1. The van der Waals surface area contributed by atoms with Gasteiger partial charge in [-0.1, -0.05) is 6.07 Å². The smallest absolute Gasteiger partial charge is 0.255 e. The third kappa shape index (κ3) is 7.13. The maximum atomic E-state index is 13.5. The molecule has 0 spiro atoms. The molecule has 3 heterocycles. The third-order valence-corrected chi connectivity index (χ3v) is 7.97. The molecule has 1 aromatic heterocycles. The highest BCUT2D eigenvalue weighted by molar-refractivity contribution is 6.08. The number of hydrogen-bond acceptors (Lipinski definition) is 7. The predicted octanol–water partition coefficient (Wildman–Crippen LogP) is 3.07. The van der Waals surface area contributed by atoms with Crippen molar-refractivity contribution in [3.63, 3.8) is 0 Å². The topological polar surface area (TPSA) is 124 Å². The Bertz CT molecular complexity index is 1430. The van der Waals surface area contributed by atoms with E-state index in [9.17, 15) is 14.4 Å². The number of nitrogens with zero attached hydrogens (tertiary/aromatic N) is 4. The van der Waals surface area contributed by atoms with Crippen molar-refractivity contribution in [2.45, 2.75) is 19.3 Å². The van der Waals surface area contributed by atoms with Crippen LogP contribution >= 0.6 is 0 Å². The number of rotatable bonds is 9. The molecule has 0 radical (unpaired) electrons. The Labute approximate surface area is 246 Å². The molecule has 220 valence electrons. The van der Waals surface area contributed by atoms with Crippen molar-refractivity contribution in [2.24, 2.45) is 5.73 Å². The lowest BCUT2D eigenvalue weighted by molar-refractivity contribution is 0.0774. The molecule has 2 aromatic carbocycles. The van der Waals surface area contributed by atoms with E-state index in [0.717, 1.165) is 64.3 Å². The number of anilines is 2. The van der Waals surface area contributed by atoms with Gasteiger partial charge in [-0.05, 0) is 67.8 Å². The Hall–Kier alpha value is -4.28. The molecule has 2 fully saturated rings. The Balaban J connectivity index is 1.35. The summed E-state index contributed by atoms with van der Waals surface area (Å²) in [6.45, 7) is 7.22. The monoisotopic (exact) mass is 569 g/mol. The molecule has 0 bridgehead atoms. The number of nitrogens with one attached hydrogen (secondary N) is 2. The molecule has 10 heteroatoms. The van der Waals surface area contributed by atoms with Gasteiger partial charge in [0.15, 0.2) is 0 Å². The number of benzene rings is 2. The fraction of sp³-hybridized carbons (Fsp3) is 0.375. The minimum atomic E-state index is -0.546. The standard InChI is InChI=1S/C32H39N7O3/c1-37(18-19-38-16-12-34-13-17-38)32(42)25-7-5-6-24(20-25)31(41)36-28-9-8-26(39-14-3-2-4-15-39)22-27(28)29-21-23(30(33)40)10-11-35-29/h5-11,20-22,34H,2-4,12-19H2,1H3,(H2,33,40)(H,36,41). The van der Waals surface area contributed by atoms with E-state index in [-0.39, 0.29) is 11.8 Å². The number of nitrogens with two attached hydrogens (primary N) is 1. The van der Waals surface area contributed by atoms with Crippen molar-refractivity contribution < 1.29 is 14.4 Å². The molecular weight excluding hydrogens is 530 g/mol. The first-order valence-corrected chi connectivity index (χ1v) is 14.6. The molecule has 0 saturated carbocycles. The first-order valence-electron chi connectivity index (χ1n) is 14.6. The fourth-order valence-corrected chi connectivity index (χ4v) is 5.47. The summed E-state index contributed by atoms with van der Waals surface area (Å²) < 4.78 is 0. The second-order valence-electron chi connectivity index (χ2n) is 10.9. The van der Waals surface area contributed by atoms with Gasteiger partial charge >= 0.3 is 0 Å². The van der Waals surface area contributed by atoms with Gasteiger partial charge in [-0.15, -0.1) is 0 Å². The Morgan fingerprint density at radius 2 is 1.69 bits per heavy atom. The van der Waals surface area contributed by atoms with Crippen LogP contribution in [0.2, 0.25) is 0 Å². The molecule has 4 N–H and O–H groups in total. The van der Waals surface area contributed by atoms with Crippen LogP contribution in [-0.2, 0) is 0 Å². The summed E-state index contributed by atoms with van der Waals surface area (Å²) in [6, 6.07) is 15.9. The number of amides is 3. The molecule has 2 aliphatic heterocycles. The zero-order chi connectivity index (χ0) is 29.5. The predicted molar refractivity (Wildman–Crippen MR) is 165 cm³/mol. The maximum Gasteiger partial charge on any atom is 0.255 e. The Morgan fingerprint density at radius 3 is 2.45 bits per heavy atom. The van der Waals surface area contributed by atoms with Crippen LogP contribution in [0.15, 0.2) is 60.8 Å². The van der Waals surface area contributed by atoms with Gasteiger partial charge in [0.1, 0.15) is 0 Å². The summed E-state index contributed by atoms with van der Waals surface area (Å²) in [5.41, 5.74) is 9.53. The van der Waals surface area contributed by atoms with Gasteiger partial charge < -0.3 is 26.2 Å². The zero-order valence-electron chi connectivity index (χ0n) is 24.1. The fourth-order valence-electron chi connectivity index (χ4n) is 5.47. The van der Waals surface area contributed by atoms with Crippen molar-refractivity contribution in [1.82, 2.24) is 20.1 Å². The van der Waals surface area contributed by atoms with E-state index in [1.54, 1.807) is 54.5 Å². The van der Waals surface area contributed by atoms with Gasteiger partial charge in [-0.25, -0.2) is 0 Å².